The molecule has 0 aromatic heterocycles. The van der Waals surface area contributed by atoms with Crippen LogP contribution in [0, 0.1) is 5.82 Å². The Morgan fingerprint density at radius 1 is 1.07 bits per heavy atom. The van der Waals surface area contributed by atoms with Crippen LogP contribution < -0.4 is 15.8 Å². The van der Waals surface area contributed by atoms with Gasteiger partial charge in [0.1, 0.15) is 17.3 Å². The zero-order valence-electron chi connectivity index (χ0n) is 14.9. The first kappa shape index (κ1) is 19.5. The largest absolute Gasteiger partial charge is 0.457 e. The Labute approximate surface area is 167 Å². The van der Waals surface area contributed by atoms with Crippen molar-refractivity contribution in [3.63, 3.8) is 0 Å². The second kappa shape index (κ2) is 8.59. The molecule has 28 heavy (non-hydrogen) atoms. The number of hydrogen-bond donors (Lipinski definition) is 2. The zero-order valence-corrected chi connectivity index (χ0v) is 15.7. The van der Waals surface area contributed by atoms with E-state index in [0.717, 1.165) is 11.1 Å². The lowest BCUT2D eigenvalue weighted by atomic mass is 10.1. The maximum Gasteiger partial charge on any atom is 0.255 e. The molecule has 4 nitrogen and oxygen atoms in total. The SMILES string of the molecule is C=C(N)c1ccc(CNC(=O)c2cc(Cl)ccc2Oc2ccc(F)cc2)cc1. The molecule has 6 heteroatoms. The molecule has 0 saturated heterocycles. The number of nitrogens with one attached hydrogen (secondary N) is 1. The summed E-state index contributed by atoms with van der Waals surface area (Å²) >= 11 is 6.04. The number of halogens is 2. The Morgan fingerprint density at radius 3 is 2.39 bits per heavy atom. The Bertz CT molecular complexity index is 1000. The number of hydrogen-bond acceptors (Lipinski definition) is 3. The van der Waals surface area contributed by atoms with Crippen molar-refractivity contribution < 1.29 is 13.9 Å². The summed E-state index contributed by atoms with van der Waals surface area (Å²) in [4.78, 5) is 12.7. The van der Waals surface area contributed by atoms with Gasteiger partial charge in [0.2, 0.25) is 0 Å². The van der Waals surface area contributed by atoms with Crippen molar-refractivity contribution >= 4 is 23.2 Å². The average Bonchev–Trinajstić information content (AvgIpc) is 2.69. The van der Waals surface area contributed by atoms with Crippen LogP contribution in [0.1, 0.15) is 21.5 Å². The highest BCUT2D eigenvalue weighted by atomic mass is 35.5. The monoisotopic (exact) mass is 396 g/mol. The minimum atomic E-state index is -0.370. The molecule has 1 amide bonds. The molecule has 0 aliphatic heterocycles. The van der Waals surface area contributed by atoms with Crippen LogP contribution in [0.3, 0.4) is 0 Å². The van der Waals surface area contributed by atoms with E-state index in [1.54, 1.807) is 12.1 Å². The van der Waals surface area contributed by atoms with Gasteiger partial charge in [0.05, 0.1) is 5.56 Å². The minimum Gasteiger partial charge on any atom is -0.457 e. The van der Waals surface area contributed by atoms with Crippen molar-refractivity contribution in [3.8, 4) is 11.5 Å². The molecular formula is C22H18ClFN2O2. The number of carbonyl (C=O) groups is 1. The van der Waals surface area contributed by atoms with Crippen LogP contribution >= 0.6 is 11.6 Å². The van der Waals surface area contributed by atoms with E-state index in [9.17, 15) is 9.18 Å². The summed E-state index contributed by atoms with van der Waals surface area (Å²) in [6.07, 6.45) is 0. The molecule has 3 aromatic carbocycles. The van der Waals surface area contributed by atoms with Crippen LogP contribution in [0.4, 0.5) is 4.39 Å². The van der Waals surface area contributed by atoms with Crippen LogP contribution in [-0.2, 0) is 6.54 Å². The normalized spacial score (nSPS) is 10.4. The van der Waals surface area contributed by atoms with Gasteiger partial charge in [-0.15, -0.1) is 0 Å². The van der Waals surface area contributed by atoms with Crippen LogP contribution in [0.15, 0.2) is 73.3 Å². The van der Waals surface area contributed by atoms with Gasteiger partial charge in [0.25, 0.3) is 5.91 Å². The molecule has 0 bridgehead atoms. The topological polar surface area (TPSA) is 64.3 Å². The molecule has 142 valence electrons. The number of rotatable bonds is 6. The van der Waals surface area contributed by atoms with Gasteiger partial charge < -0.3 is 15.8 Å². The average molecular weight is 397 g/mol. The van der Waals surface area contributed by atoms with Gasteiger partial charge in [0.15, 0.2) is 0 Å². The number of ether oxygens (including phenoxy) is 1. The first-order chi connectivity index (χ1) is 13.4. The van der Waals surface area contributed by atoms with E-state index < -0.39 is 0 Å². The highest BCUT2D eigenvalue weighted by molar-refractivity contribution is 6.31. The third kappa shape index (κ3) is 4.90. The molecule has 0 aliphatic carbocycles. The fourth-order valence-corrected chi connectivity index (χ4v) is 2.68. The Kier molecular flexibility index (Phi) is 5.96. The van der Waals surface area contributed by atoms with E-state index in [2.05, 4.69) is 11.9 Å². The summed E-state index contributed by atoms with van der Waals surface area (Å²) in [7, 11) is 0. The second-order valence-corrected chi connectivity index (χ2v) is 6.54. The summed E-state index contributed by atoms with van der Waals surface area (Å²) in [6.45, 7) is 4.00. The zero-order chi connectivity index (χ0) is 20.1. The van der Waals surface area contributed by atoms with E-state index in [1.165, 1.54) is 30.3 Å². The maximum absolute atomic E-state index is 13.1. The van der Waals surface area contributed by atoms with Crippen LogP contribution in [-0.4, -0.2) is 5.91 Å². The van der Waals surface area contributed by atoms with E-state index in [1.807, 2.05) is 24.3 Å². The number of amides is 1. The van der Waals surface area contributed by atoms with E-state index in [0.29, 0.717) is 28.8 Å². The number of benzene rings is 3. The lowest BCUT2D eigenvalue weighted by molar-refractivity contribution is 0.0948. The highest BCUT2D eigenvalue weighted by Crippen LogP contribution is 2.28. The molecule has 0 heterocycles. The highest BCUT2D eigenvalue weighted by Gasteiger charge is 2.14. The molecule has 0 saturated carbocycles. The molecule has 0 aliphatic rings. The van der Waals surface area contributed by atoms with Gasteiger partial charge in [-0.2, -0.15) is 0 Å². The number of nitrogens with two attached hydrogens (primary N) is 1. The minimum absolute atomic E-state index is 0.281. The molecule has 0 atom stereocenters. The van der Waals surface area contributed by atoms with Gasteiger partial charge in [-0.3, -0.25) is 4.79 Å². The molecule has 3 rings (SSSR count). The molecule has 0 spiro atoms. The third-order valence-electron chi connectivity index (χ3n) is 4.01. The molecule has 0 unspecified atom stereocenters. The van der Waals surface area contributed by atoms with E-state index in [4.69, 9.17) is 22.1 Å². The molecule has 3 N–H and O–H groups in total. The summed E-state index contributed by atoms with van der Waals surface area (Å²) in [5, 5.41) is 3.24. The lowest BCUT2D eigenvalue weighted by Crippen LogP contribution is -2.23. The first-order valence-electron chi connectivity index (χ1n) is 8.47. The Balaban J connectivity index is 1.74. The van der Waals surface area contributed by atoms with Crippen LogP contribution in [0.2, 0.25) is 5.02 Å². The molecule has 3 aromatic rings. The fourth-order valence-electron chi connectivity index (χ4n) is 2.51. The second-order valence-electron chi connectivity index (χ2n) is 6.10. The van der Waals surface area contributed by atoms with Crippen molar-refractivity contribution in [2.24, 2.45) is 5.73 Å². The van der Waals surface area contributed by atoms with E-state index in [-0.39, 0.29) is 17.3 Å². The van der Waals surface area contributed by atoms with E-state index >= 15 is 0 Å². The standard InChI is InChI=1S/C22H18ClFN2O2/c1-14(25)16-4-2-15(3-5-16)13-26-22(27)20-12-17(23)6-11-21(20)28-19-9-7-18(24)8-10-19/h2-12H,1,13,25H2,(H,26,27). The predicted molar refractivity (Wildman–Crippen MR) is 109 cm³/mol. The van der Waals surface area contributed by atoms with Crippen molar-refractivity contribution in [2.45, 2.75) is 6.54 Å². The van der Waals surface area contributed by atoms with Gasteiger partial charge in [0, 0.05) is 17.3 Å². The van der Waals surface area contributed by atoms with Gasteiger partial charge >= 0.3 is 0 Å². The maximum atomic E-state index is 13.1. The summed E-state index contributed by atoms with van der Waals surface area (Å²) in [5.41, 5.74) is 8.15. The molecule has 0 fully saturated rings. The molecule has 0 radical (unpaired) electrons. The van der Waals surface area contributed by atoms with Crippen molar-refractivity contribution in [3.05, 3.63) is 101 Å². The predicted octanol–water partition coefficient (Wildman–Crippen LogP) is 5.13. The summed E-state index contributed by atoms with van der Waals surface area (Å²) < 4.78 is 18.8. The molecular weight excluding hydrogens is 379 g/mol. The quantitative estimate of drug-likeness (QED) is 0.607. The number of carbonyl (C=O) groups excluding carboxylic acids is 1. The van der Waals surface area contributed by atoms with Gasteiger partial charge in [-0.05, 0) is 53.6 Å². The smallest absolute Gasteiger partial charge is 0.255 e. The van der Waals surface area contributed by atoms with Crippen molar-refractivity contribution in [1.29, 1.82) is 0 Å². The van der Waals surface area contributed by atoms with Crippen LogP contribution in [0.5, 0.6) is 11.5 Å². The Morgan fingerprint density at radius 2 is 1.75 bits per heavy atom. The summed E-state index contributed by atoms with van der Waals surface area (Å²) in [6, 6.07) is 17.7. The Hall–Kier alpha value is -3.31. The third-order valence-corrected chi connectivity index (χ3v) is 4.24. The van der Waals surface area contributed by atoms with Gasteiger partial charge in [-0.1, -0.05) is 42.4 Å². The fraction of sp³-hybridized carbons (Fsp3) is 0.0455. The van der Waals surface area contributed by atoms with Gasteiger partial charge in [-0.25, -0.2) is 4.39 Å². The lowest BCUT2D eigenvalue weighted by Gasteiger charge is -2.12. The first-order valence-corrected chi connectivity index (χ1v) is 8.85. The van der Waals surface area contributed by atoms with Crippen molar-refractivity contribution in [2.75, 3.05) is 0 Å². The van der Waals surface area contributed by atoms with Crippen LogP contribution in [0.25, 0.3) is 5.70 Å². The van der Waals surface area contributed by atoms with Crippen molar-refractivity contribution in [1.82, 2.24) is 5.32 Å². The summed E-state index contributed by atoms with van der Waals surface area (Å²) in [5.74, 6) is 0.0243.